The van der Waals surface area contributed by atoms with Crippen LogP contribution >= 0.6 is 10.0 Å². The lowest BCUT2D eigenvalue weighted by Gasteiger charge is -2.39. The topological polar surface area (TPSA) is 30.7 Å². The molecule has 0 saturated heterocycles. The minimum atomic E-state index is -1.71. The minimum Gasteiger partial charge on any atom is -0.285 e. The molecule has 0 saturated carbocycles. The summed E-state index contributed by atoms with van der Waals surface area (Å²) in [6.45, 7) is 0. The van der Waals surface area contributed by atoms with Crippen molar-refractivity contribution in [3.63, 3.8) is 0 Å². The van der Waals surface area contributed by atoms with Crippen LogP contribution in [0.25, 0.3) is 50.5 Å². The molecule has 3 nitrogen and oxygen atoms in total. The van der Waals surface area contributed by atoms with Gasteiger partial charge in [0, 0.05) is 42.3 Å². The first-order valence-electron chi connectivity index (χ1n) is 15.5. The van der Waals surface area contributed by atoms with Crippen molar-refractivity contribution in [3.8, 4) is 39.6 Å². The first-order chi connectivity index (χ1) is 22.8. The van der Waals surface area contributed by atoms with E-state index in [4.69, 9.17) is 9.97 Å². The first-order valence-corrected chi connectivity index (χ1v) is 17.1. The van der Waals surface area contributed by atoms with Crippen LogP contribution in [0.4, 0.5) is 0 Å². The predicted octanol–water partition coefficient (Wildman–Crippen LogP) is 11.1. The van der Waals surface area contributed by atoms with E-state index in [0.29, 0.717) is 5.95 Å². The third-order valence-electron chi connectivity index (χ3n) is 8.89. The summed E-state index contributed by atoms with van der Waals surface area (Å²) in [6, 6.07) is 60.9. The average Bonchev–Trinajstić information content (AvgIpc) is 3.69. The summed E-state index contributed by atoms with van der Waals surface area (Å²) in [5.41, 5.74) is 7.58. The summed E-state index contributed by atoms with van der Waals surface area (Å²) in [4.78, 5) is 15.7. The third-order valence-corrected chi connectivity index (χ3v) is 12.9. The number of nitrogens with zero attached hydrogens (tertiary/aromatic N) is 3. The van der Waals surface area contributed by atoms with Crippen LogP contribution in [-0.2, 0) is 0 Å². The van der Waals surface area contributed by atoms with Gasteiger partial charge in [0.25, 0.3) is 0 Å². The van der Waals surface area contributed by atoms with E-state index in [2.05, 4.69) is 168 Å². The molecule has 1 aliphatic rings. The maximum absolute atomic E-state index is 5.14. The SMILES string of the molecule is c1ccc(-c2cc(-c3ccccc3)nc(-n3ccc4cc5c(cc43)-c3ccccc3S5(c3ccccc3)c3ccccc3)n2)cc1. The number of hydrogen-bond donors (Lipinski definition) is 0. The molecule has 4 heteroatoms. The Kier molecular flexibility index (Phi) is 6.22. The zero-order valence-corrected chi connectivity index (χ0v) is 25.8. The van der Waals surface area contributed by atoms with Gasteiger partial charge >= 0.3 is 0 Å². The van der Waals surface area contributed by atoms with Crippen LogP contribution in [0.3, 0.4) is 0 Å². The maximum Gasteiger partial charge on any atom is 0.235 e. The smallest absolute Gasteiger partial charge is 0.235 e. The summed E-state index contributed by atoms with van der Waals surface area (Å²) in [5, 5.41) is 1.17. The van der Waals surface area contributed by atoms with E-state index >= 15 is 0 Å². The number of fused-ring (bicyclic) bond motifs is 4. The summed E-state index contributed by atoms with van der Waals surface area (Å²) in [6.07, 6.45) is 2.12. The molecule has 0 unspecified atom stereocenters. The lowest BCUT2D eigenvalue weighted by atomic mass is 10.0. The number of rotatable bonds is 5. The second-order valence-electron chi connectivity index (χ2n) is 11.5. The minimum absolute atomic E-state index is 0.658. The molecule has 0 fully saturated rings. The van der Waals surface area contributed by atoms with Gasteiger partial charge in [-0.1, -0.05) is 115 Å². The fourth-order valence-corrected chi connectivity index (χ4v) is 11.1. The quantitative estimate of drug-likeness (QED) is 0.195. The molecule has 0 spiro atoms. The van der Waals surface area contributed by atoms with Gasteiger partial charge in [-0.05, 0) is 65.7 Å². The zero-order valence-electron chi connectivity index (χ0n) is 25.0. The van der Waals surface area contributed by atoms with Crippen molar-refractivity contribution in [1.82, 2.24) is 14.5 Å². The van der Waals surface area contributed by atoms with Gasteiger partial charge in [-0.3, -0.25) is 4.57 Å². The predicted molar refractivity (Wildman–Crippen MR) is 189 cm³/mol. The van der Waals surface area contributed by atoms with Crippen molar-refractivity contribution in [3.05, 3.63) is 176 Å². The van der Waals surface area contributed by atoms with Gasteiger partial charge < -0.3 is 0 Å². The van der Waals surface area contributed by atoms with Crippen LogP contribution in [0.1, 0.15) is 0 Å². The van der Waals surface area contributed by atoms with Crippen LogP contribution in [0, 0.1) is 0 Å². The molecule has 0 bridgehead atoms. The normalized spacial score (nSPS) is 13.7. The zero-order chi connectivity index (χ0) is 30.5. The fourth-order valence-electron chi connectivity index (χ4n) is 6.82. The molecule has 3 heterocycles. The van der Waals surface area contributed by atoms with Gasteiger partial charge in [0.05, 0.1) is 16.9 Å². The molecular formula is C42H29N3S. The lowest BCUT2D eigenvalue weighted by Crippen LogP contribution is -2.03. The van der Waals surface area contributed by atoms with Gasteiger partial charge in [-0.25, -0.2) is 9.97 Å². The Morgan fingerprint density at radius 3 is 1.54 bits per heavy atom. The molecule has 0 amide bonds. The van der Waals surface area contributed by atoms with Crippen molar-refractivity contribution in [2.24, 2.45) is 0 Å². The van der Waals surface area contributed by atoms with Gasteiger partial charge in [0.1, 0.15) is 0 Å². The number of hydrogen-bond acceptors (Lipinski definition) is 2. The largest absolute Gasteiger partial charge is 0.285 e. The van der Waals surface area contributed by atoms with E-state index in [-0.39, 0.29) is 0 Å². The van der Waals surface area contributed by atoms with Crippen molar-refractivity contribution in [1.29, 1.82) is 0 Å². The Morgan fingerprint density at radius 2 is 0.957 bits per heavy atom. The number of aromatic nitrogens is 3. The Morgan fingerprint density at radius 1 is 0.435 bits per heavy atom. The standard InChI is InChI=1S/C42H29N3S/c1-5-15-30(16-6-1)37-29-38(31-17-7-2-8-18-31)44-42(43-37)45-26-25-32-27-41-36(28-39(32)45)35-23-13-14-24-40(35)46(41,33-19-9-3-10-20-33)34-21-11-4-12-22-34/h1-29H. The molecule has 0 atom stereocenters. The van der Waals surface area contributed by atoms with Gasteiger partial charge in [0.2, 0.25) is 5.95 Å². The molecule has 8 aromatic rings. The van der Waals surface area contributed by atoms with Gasteiger partial charge in [-0.2, -0.15) is 0 Å². The molecule has 9 rings (SSSR count). The van der Waals surface area contributed by atoms with Crippen LogP contribution < -0.4 is 0 Å². The highest BCUT2D eigenvalue weighted by molar-refractivity contribution is 8.34. The highest BCUT2D eigenvalue weighted by atomic mass is 32.3. The summed E-state index contributed by atoms with van der Waals surface area (Å²) < 4.78 is 2.15. The Labute approximate surface area is 269 Å². The van der Waals surface area contributed by atoms with Gasteiger partial charge in [0.15, 0.2) is 0 Å². The van der Waals surface area contributed by atoms with Crippen molar-refractivity contribution < 1.29 is 0 Å². The lowest BCUT2D eigenvalue weighted by molar-refractivity contribution is 0.968. The molecular weight excluding hydrogens is 579 g/mol. The maximum atomic E-state index is 5.14. The van der Waals surface area contributed by atoms with Crippen molar-refractivity contribution in [2.75, 3.05) is 0 Å². The Hall–Kier alpha value is -5.71. The molecule has 0 radical (unpaired) electrons. The molecule has 46 heavy (non-hydrogen) atoms. The van der Waals surface area contributed by atoms with Crippen molar-refractivity contribution in [2.45, 2.75) is 19.6 Å². The monoisotopic (exact) mass is 607 g/mol. The Balaban J connectivity index is 1.31. The summed E-state index contributed by atoms with van der Waals surface area (Å²) in [5.74, 6) is 0.658. The van der Waals surface area contributed by atoms with Crippen LogP contribution in [0.2, 0.25) is 0 Å². The average molecular weight is 608 g/mol. The van der Waals surface area contributed by atoms with Crippen LogP contribution in [0.5, 0.6) is 0 Å². The Bertz CT molecular complexity index is 2250. The van der Waals surface area contributed by atoms with E-state index in [9.17, 15) is 0 Å². The summed E-state index contributed by atoms with van der Waals surface area (Å²) in [7, 11) is -1.71. The second-order valence-corrected chi connectivity index (χ2v) is 14.5. The molecule has 2 aromatic heterocycles. The van der Waals surface area contributed by atoms with Crippen LogP contribution in [-0.4, -0.2) is 14.5 Å². The number of benzene rings is 6. The van der Waals surface area contributed by atoms with Crippen LogP contribution in [0.15, 0.2) is 196 Å². The van der Waals surface area contributed by atoms with E-state index in [1.807, 2.05) is 12.1 Å². The van der Waals surface area contributed by atoms with E-state index < -0.39 is 10.0 Å². The molecule has 0 N–H and O–H groups in total. The molecule has 1 aliphatic heterocycles. The van der Waals surface area contributed by atoms with E-state index in [1.165, 1.54) is 36.1 Å². The van der Waals surface area contributed by atoms with Gasteiger partial charge in [-0.15, -0.1) is 10.0 Å². The van der Waals surface area contributed by atoms with E-state index in [1.54, 1.807) is 0 Å². The fraction of sp³-hybridized carbons (Fsp3) is 0. The molecule has 218 valence electrons. The van der Waals surface area contributed by atoms with E-state index in [0.717, 1.165) is 28.0 Å². The second kappa shape index (κ2) is 10.7. The van der Waals surface area contributed by atoms with Crippen molar-refractivity contribution >= 4 is 20.9 Å². The third kappa shape index (κ3) is 4.08. The summed E-state index contributed by atoms with van der Waals surface area (Å²) >= 11 is 0. The molecule has 6 aromatic carbocycles. The molecule has 0 aliphatic carbocycles. The highest BCUT2D eigenvalue weighted by Crippen LogP contribution is 2.80. The first kappa shape index (κ1) is 26.7. The highest BCUT2D eigenvalue weighted by Gasteiger charge is 2.42.